The molecule has 1 heterocycles. The molecule has 0 aromatic rings. The Hall–Kier alpha value is -1.38. The topological polar surface area (TPSA) is 43.4 Å². The highest BCUT2D eigenvalue weighted by Gasteiger charge is 2.50. The Morgan fingerprint density at radius 2 is 1.87 bits per heavy atom. The van der Waals surface area contributed by atoms with Crippen molar-refractivity contribution in [3.63, 3.8) is 0 Å². The number of ketones is 1. The van der Waals surface area contributed by atoms with Gasteiger partial charge in [0.1, 0.15) is 6.10 Å². The molecule has 3 nitrogen and oxygen atoms in total. The van der Waals surface area contributed by atoms with E-state index in [2.05, 4.69) is 20.8 Å². The van der Waals surface area contributed by atoms with Gasteiger partial charge in [0, 0.05) is 17.9 Å². The van der Waals surface area contributed by atoms with Crippen molar-refractivity contribution < 1.29 is 14.3 Å². The van der Waals surface area contributed by atoms with Crippen LogP contribution in [-0.4, -0.2) is 17.9 Å². The predicted octanol–water partition coefficient (Wildman–Crippen LogP) is 4.37. The molecule has 0 radical (unpaired) electrons. The van der Waals surface area contributed by atoms with E-state index in [0.29, 0.717) is 12.3 Å². The van der Waals surface area contributed by atoms with E-state index in [-0.39, 0.29) is 29.2 Å². The highest BCUT2D eigenvalue weighted by atomic mass is 16.5. The number of hydrogen-bond donors (Lipinski definition) is 0. The monoisotopic (exact) mass is 316 g/mol. The maximum atomic E-state index is 12.2. The van der Waals surface area contributed by atoms with E-state index in [1.807, 2.05) is 13.0 Å². The molecule has 4 atom stereocenters. The van der Waals surface area contributed by atoms with Crippen molar-refractivity contribution in [1.29, 1.82) is 0 Å². The number of esters is 1. The van der Waals surface area contributed by atoms with Crippen LogP contribution in [0.5, 0.6) is 0 Å². The lowest BCUT2D eigenvalue weighted by molar-refractivity contribution is -0.152. The summed E-state index contributed by atoms with van der Waals surface area (Å²) in [4.78, 5) is 24.4. The van der Waals surface area contributed by atoms with Crippen LogP contribution in [0.1, 0.15) is 66.2 Å². The molecular weight excluding hydrogens is 288 g/mol. The molecule has 0 N–H and O–H groups in total. The molecule has 0 aromatic carbocycles. The molecule has 3 heteroatoms. The van der Waals surface area contributed by atoms with Crippen LogP contribution in [-0.2, 0) is 14.3 Å². The third-order valence-corrected chi connectivity index (χ3v) is 6.19. The zero-order valence-electron chi connectivity index (χ0n) is 14.8. The normalized spacial score (nSPS) is 40.9. The predicted molar refractivity (Wildman–Crippen MR) is 89.8 cm³/mol. The highest BCUT2D eigenvalue weighted by molar-refractivity contribution is 5.91. The zero-order valence-corrected chi connectivity index (χ0v) is 14.8. The maximum Gasteiger partial charge on any atom is 0.333 e. The van der Waals surface area contributed by atoms with Gasteiger partial charge in [-0.05, 0) is 63.4 Å². The number of allylic oxidation sites excluding steroid dienone is 2. The summed E-state index contributed by atoms with van der Waals surface area (Å²) < 4.78 is 5.83. The minimum absolute atomic E-state index is 0.0603. The first-order valence-electron chi connectivity index (χ1n) is 8.91. The average Bonchev–Trinajstić information content (AvgIpc) is 2.80. The minimum Gasteiger partial charge on any atom is -0.458 e. The average molecular weight is 316 g/mol. The van der Waals surface area contributed by atoms with Crippen molar-refractivity contribution in [1.82, 2.24) is 0 Å². The summed E-state index contributed by atoms with van der Waals surface area (Å²) in [6.45, 7) is 8.44. The van der Waals surface area contributed by atoms with E-state index in [1.54, 1.807) is 0 Å². The molecule has 2 aliphatic carbocycles. The number of carbonyl (C=O) groups is 2. The van der Waals surface area contributed by atoms with E-state index in [4.69, 9.17) is 4.74 Å². The van der Waals surface area contributed by atoms with Gasteiger partial charge in [0.2, 0.25) is 0 Å². The molecule has 126 valence electrons. The first-order valence-corrected chi connectivity index (χ1v) is 8.91. The lowest BCUT2D eigenvalue weighted by atomic mass is 9.69. The summed E-state index contributed by atoms with van der Waals surface area (Å²) in [5, 5.41) is 0. The Morgan fingerprint density at radius 1 is 1.17 bits per heavy atom. The summed E-state index contributed by atoms with van der Waals surface area (Å²) in [7, 11) is 0. The van der Waals surface area contributed by atoms with Gasteiger partial charge in [-0.1, -0.05) is 25.0 Å². The van der Waals surface area contributed by atoms with Gasteiger partial charge in [-0.25, -0.2) is 4.79 Å². The third kappa shape index (κ3) is 3.02. The van der Waals surface area contributed by atoms with E-state index in [9.17, 15) is 9.59 Å². The van der Waals surface area contributed by atoms with Crippen LogP contribution in [0.3, 0.4) is 0 Å². The molecule has 0 spiro atoms. The third-order valence-electron chi connectivity index (χ3n) is 6.19. The fraction of sp³-hybridized carbons (Fsp3) is 0.700. The van der Waals surface area contributed by atoms with Crippen LogP contribution in [0.15, 0.2) is 22.8 Å². The maximum absolute atomic E-state index is 12.2. The van der Waals surface area contributed by atoms with Crippen LogP contribution in [0, 0.1) is 17.3 Å². The lowest BCUT2D eigenvalue weighted by Gasteiger charge is -2.40. The molecule has 0 bridgehead atoms. The van der Waals surface area contributed by atoms with Gasteiger partial charge < -0.3 is 4.74 Å². The molecule has 0 aromatic heterocycles. The molecule has 1 fully saturated rings. The first kappa shape index (κ1) is 16.5. The molecule has 1 aliphatic heterocycles. The van der Waals surface area contributed by atoms with Crippen LogP contribution < -0.4 is 0 Å². The number of hydrogen-bond acceptors (Lipinski definition) is 3. The fourth-order valence-corrected chi connectivity index (χ4v) is 4.85. The SMILES string of the molecule is CC1=C2CC[C@@]3(C)CC/C(C)=C\C(=O)C[C@@H](C)C[C@@H](OC1=O)[C@H]23. The van der Waals surface area contributed by atoms with Gasteiger partial charge in [0.15, 0.2) is 5.78 Å². The van der Waals surface area contributed by atoms with Crippen LogP contribution in [0.25, 0.3) is 0 Å². The van der Waals surface area contributed by atoms with E-state index in [0.717, 1.165) is 37.7 Å². The van der Waals surface area contributed by atoms with Crippen molar-refractivity contribution in [2.45, 2.75) is 72.3 Å². The van der Waals surface area contributed by atoms with Crippen LogP contribution >= 0.6 is 0 Å². The molecule has 3 aliphatic rings. The lowest BCUT2D eigenvalue weighted by Crippen LogP contribution is -2.41. The zero-order chi connectivity index (χ0) is 16.8. The Morgan fingerprint density at radius 3 is 2.61 bits per heavy atom. The Labute approximate surface area is 139 Å². The second-order valence-corrected chi connectivity index (χ2v) is 8.23. The van der Waals surface area contributed by atoms with Gasteiger partial charge in [-0.2, -0.15) is 0 Å². The smallest absolute Gasteiger partial charge is 0.333 e. The molecule has 3 rings (SSSR count). The largest absolute Gasteiger partial charge is 0.458 e. The van der Waals surface area contributed by atoms with Gasteiger partial charge in [-0.15, -0.1) is 0 Å². The quantitative estimate of drug-likeness (QED) is 0.623. The van der Waals surface area contributed by atoms with Crippen molar-refractivity contribution in [3.05, 3.63) is 22.8 Å². The van der Waals surface area contributed by atoms with E-state index >= 15 is 0 Å². The summed E-state index contributed by atoms with van der Waals surface area (Å²) in [5.41, 5.74) is 3.52. The summed E-state index contributed by atoms with van der Waals surface area (Å²) >= 11 is 0. The Bertz CT molecular complexity index is 598. The standard InChI is InChI=1S/C20H28O3/c1-12-5-7-20(4)8-6-16-14(3)19(22)23-17(18(16)20)11-13(2)10-15(21)9-12/h9,13,17-18H,5-8,10-11H2,1-4H3/b12-9-/t13-,17-,18+,20-/m1/s1. The molecule has 0 unspecified atom stereocenters. The minimum atomic E-state index is -0.145. The summed E-state index contributed by atoms with van der Waals surface area (Å²) in [6.07, 6.45) is 7.27. The second-order valence-electron chi connectivity index (χ2n) is 8.23. The van der Waals surface area contributed by atoms with Crippen LogP contribution in [0.4, 0.5) is 0 Å². The highest BCUT2D eigenvalue weighted by Crippen LogP contribution is 2.55. The summed E-state index contributed by atoms with van der Waals surface area (Å²) in [5.74, 6) is 0.644. The molecule has 0 amide bonds. The molecular formula is C20H28O3. The number of rotatable bonds is 0. The van der Waals surface area contributed by atoms with Crippen molar-refractivity contribution in [2.24, 2.45) is 17.3 Å². The first-order chi connectivity index (χ1) is 10.8. The van der Waals surface area contributed by atoms with E-state index in [1.165, 1.54) is 11.1 Å². The second kappa shape index (κ2) is 5.92. The Kier molecular flexibility index (Phi) is 4.24. The van der Waals surface area contributed by atoms with Gasteiger partial charge in [0.25, 0.3) is 0 Å². The van der Waals surface area contributed by atoms with Gasteiger partial charge >= 0.3 is 5.97 Å². The summed E-state index contributed by atoms with van der Waals surface area (Å²) in [6, 6.07) is 0. The number of carbonyl (C=O) groups excluding carboxylic acids is 2. The number of ether oxygens (including phenoxy) is 1. The van der Waals surface area contributed by atoms with Gasteiger partial charge in [0.05, 0.1) is 0 Å². The molecule has 1 saturated carbocycles. The molecule has 0 saturated heterocycles. The van der Waals surface area contributed by atoms with Crippen LogP contribution in [0.2, 0.25) is 0 Å². The van der Waals surface area contributed by atoms with Gasteiger partial charge in [-0.3, -0.25) is 4.79 Å². The van der Waals surface area contributed by atoms with Crippen molar-refractivity contribution in [3.8, 4) is 0 Å². The fourth-order valence-electron chi connectivity index (χ4n) is 4.85. The van der Waals surface area contributed by atoms with Crippen molar-refractivity contribution >= 4 is 11.8 Å². The molecule has 23 heavy (non-hydrogen) atoms. The Balaban J connectivity index is 2.00. The van der Waals surface area contributed by atoms with E-state index < -0.39 is 0 Å². The van der Waals surface area contributed by atoms with Crippen molar-refractivity contribution in [2.75, 3.05) is 0 Å².